The van der Waals surface area contributed by atoms with Crippen LogP contribution in [0, 0.1) is 6.92 Å². The fraction of sp³-hybridized carbons (Fsp3) is 0.118. The van der Waals surface area contributed by atoms with E-state index >= 15 is 0 Å². The van der Waals surface area contributed by atoms with Crippen LogP contribution in [0.1, 0.15) is 16.0 Å². The molecule has 0 radical (unpaired) electrons. The second kappa shape index (κ2) is 6.22. The third kappa shape index (κ3) is 3.33. The van der Waals surface area contributed by atoms with Gasteiger partial charge in [0.1, 0.15) is 5.01 Å². The minimum atomic E-state index is -0.197. The molecule has 0 atom stereocenters. The highest BCUT2D eigenvalue weighted by molar-refractivity contribution is 9.10. The topological polar surface area (TPSA) is 73.6 Å². The SMILES string of the molecule is Cc1ccc(-c2nc(O)c(Cc3cc(O)c(O)c(Br)c3)s2)cc1. The standard InChI is InChI=1S/C17H14BrNO3S/c1-9-2-4-11(5-3-9)17-19-16(22)14(23-17)8-10-6-12(18)15(21)13(20)7-10/h2-7,20-22H,8H2,1H3. The van der Waals surface area contributed by atoms with Crippen molar-refractivity contribution in [1.29, 1.82) is 0 Å². The number of thiazole rings is 1. The van der Waals surface area contributed by atoms with Crippen LogP contribution in [0.2, 0.25) is 0 Å². The first-order valence-corrected chi connectivity index (χ1v) is 8.51. The summed E-state index contributed by atoms with van der Waals surface area (Å²) in [5, 5.41) is 30.1. The van der Waals surface area contributed by atoms with Crippen molar-refractivity contribution in [2.45, 2.75) is 13.3 Å². The van der Waals surface area contributed by atoms with E-state index in [-0.39, 0.29) is 17.4 Å². The normalized spacial score (nSPS) is 10.9. The predicted octanol–water partition coefficient (Wildman–Crippen LogP) is 4.59. The first-order valence-electron chi connectivity index (χ1n) is 6.90. The summed E-state index contributed by atoms with van der Waals surface area (Å²) < 4.78 is 0.412. The minimum Gasteiger partial charge on any atom is -0.504 e. The van der Waals surface area contributed by atoms with Crippen molar-refractivity contribution in [3.05, 3.63) is 56.9 Å². The molecule has 0 bridgehead atoms. The Balaban J connectivity index is 1.91. The summed E-state index contributed by atoms with van der Waals surface area (Å²) >= 11 is 4.60. The number of rotatable bonds is 3. The average molecular weight is 392 g/mol. The highest BCUT2D eigenvalue weighted by atomic mass is 79.9. The van der Waals surface area contributed by atoms with E-state index in [9.17, 15) is 15.3 Å². The van der Waals surface area contributed by atoms with E-state index in [1.807, 2.05) is 31.2 Å². The zero-order chi connectivity index (χ0) is 16.6. The van der Waals surface area contributed by atoms with Crippen LogP contribution in [0.3, 0.4) is 0 Å². The zero-order valence-corrected chi connectivity index (χ0v) is 14.6. The number of hydrogen-bond acceptors (Lipinski definition) is 5. The molecule has 2 aromatic carbocycles. The molecule has 0 aliphatic carbocycles. The number of phenolic OH excluding ortho intramolecular Hbond substituents is 2. The van der Waals surface area contributed by atoms with E-state index < -0.39 is 0 Å². The summed E-state index contributed by atoms with van der Waals surface area (Å²) in [6.07, 6.45) is 0.418. The van der Waals surface area contributed by atoms with Gasteiger partial charge in [0.25, 0.3) is 0 Å². The van der Waals surface area contributed by atoms with E-state index in [4.69, 9.17) is 0 Å². The van der Waals surface area contributed by atoms with Crippen LogP contribution in [0.4, 0.5) is 0 Å². The van der Waals surface area contributed by atoms with Crippen molar-refractivity contribution in [3.8, 4) is 28.0 Å². The third-order valence-corrected chi connectivity index (χ3v) is 5.14. The first-order chi connectivity index (χ1) is 10.9. The van der Waals surface area contributed by atoms with Crippen LogP contribution in [0.15, 0.2) is 40.9 Å². The lowest BCUT2D eigenvalue weighted by atomic mass is 10.1. The molecule has 0 saturated heterocycles. The number of phenols is 2. The summed E-state index contributed by atoms with van der Waals surface area (Å²) in [6, 6.07) is 11.1. The van der Waals surface area contributed by atoms with Gasteiger partial charge >= 0.3 is 0 Å². The van der Waals surface area contributed by atoms with Crippen LogP contribution in [0.25, 0.3) is 10.6 Å². The van der Waals surface area contributed by atoms with Crippen molar-refractivity contribution in [2.24, 2.45) is 0 Å². The number of benzene rings is 2. The molecule has 3 aromatic rings. The van der Waals surface area contributed by atoms with Gasteiger partial charge in [-0.3, -0.25) is 0 Å². The molecule has 3 rings (SSSR count). The maximum atomic E-state index is 10.1. The van der Waals surface area contributed by atoms with Crippen molar-refractivity contribution in [2.75, 3.05) is 0 Å². The monoisotopic (exact) mass is 391 g/mol. The fourth-order valence-electron chi connectivity index (χ4n) is 2.21. The van der Waals surface area contributed by atoms with Gasteiger partial charge in [0, 0.05) is 12.0 Å². The van der Waals surface area contributed by atoms with Gasteiger partial charge in [-0.05, 0) is 40.5 Å². The summed E-state index contributed by atoms with van der Waals surface area (Å²) in [7, 11) is 0. The van der Waals surface area contributed by atoms with E-state index in [2.05, 4.69) is 20.9 Å². The summed E-state index contributed by atoms with van der Waals surface area (Å²) in [4.78, 5) is 4.93. The largest absolute Gasteiger partial charge is 0.504 e. The number of hydrogen-bond donors (Lipinski definition) is 3. The number of halogens is 1. The van der Waals surface area contributed by atoms with E-state index in [0.29, 0.717) is 15.8 Å². The number of aryl methyl sites for hydroxylation is 1. The van der Waals surface area contributed by atoms with Crippen LogP contribution < -0.4 is 0 Å². The minimum absolute atomic E-state index is 0.00531. The van der Waals surface area contributed by atoms with Gasteiger partial charge in [-0.15, -0.1) is 11.3 Å². The first kappa shape index (κ1) is 15.8. The van der Waals surface area contributed by atoms with Gasteiger partial charge in [0.05, 0.1) is 9.35 Å². The molecular formula is C17H14BrNO3S. The number of aromatic nitrogens is 1. The lowest BCUT2D eigenvalue weighted by Crippen LogP contribution is -1.86. The second-order valence-corrected chi connectivity index (χ2v) is 7.19. The van der Waals surface area contributed by atoms with E-state index in [1.165, 1.54) is 23.0 Å². The van der Waals surface area contributed by atoms with Crippen molar-refractivity contribution in [1.82, 2.24) is 4.98 Å². The fourth-order valence-corrected chi connectivity index (χ4v) is 3.70. The second-order valence-electron chi connectivity index (χ2n) is 5.25. The third-order valence-electron chi connectivity index (χ3n) is 3.44. The molecule has 0 unspecified atom stereocenters. The quantitative estimate of drug-likeness (QED) is 0.570. The summed E-state index contributed by atoms with van der Waals surface area (Å²) in [5.41, 5.74) is 2.89. The van der Waals surface area contributed by atoms with Gasteiger partial charge in [-0.2, -0.15) is 0 Å². The van der Waals surface area contributed by atoms with E-state index in [1.54, 1.807) is 6.07 Å². The molecule has 0 saturated carbocycles. The lowest BCUT2D eigenvalue weighted by molar-refractivity contribution is 0.401. The molecule has 23 heavy (non-hydrogen) atoms. The van der Waals surface area contributed by atoms with Gasteiger partial charge in [-0.1, -0.05) is 29.8 Å². The van der Waals surface area contributed by atoms with Gasteiger partial charge in [0.15, 0.2) is 11.5 Å². The molecule has 0 spiro atoms. The smallest absolute Gasteiger partial charge is 0.226 e. The van der Waals surface area contributed by atoms with Crippen LogP contribution >= 0.6 is 27.3 Å². The highest BCUT2D eigenvalue weighted by Crippen LogP contribution is 2.37. The average Bonchev–Trinajstić information content (AvgIpc) is 2.86. The van der Waals surface area contributed by atoms with Crippen LogP contribution in [-0.2, 0) is 6.42 Å². The molecule has 118 valence electrons. The molecule has 0 fully saturated rings. The summed E-state index contributed by atoms with van der Waals surface area (Å²) in [6.45, 7) is 2.02. The maximum Gasteiger partial charge on any atom is 0.226 e. The molecule has 6 heteroatoms. The van der Waals surface area contributed by atoms with Gasteiger partial charge in [0.2, 0.25) is 5.88 Å². The number of nitrogens with zero attached hydrogens (tertiary/aromatic N) is 1. The van der Waals surface area contributed by atoms with Crippen molar-refractivity contribution < 1.29 is 15.3 Å². The molecule has 0 amide bonds. The predicted molar refractivity (Wildman–Crippen MR) is 94.2 cm³/mol. The lowest BCUT2D eigenvalue weighted by Gasteiger charge is -2.04. The maximum absolute atomic E-state index is 10.1. The van der Waals surface area contributed by atoms with Crippen molar-refractivity contribution in [3.63, 3.8) is 0 Å². The molecule has 4 nitrogen and oxygen atoms in total. The Kier molecular flexibility index (Phi) is 4.28. The Morgan fingerprint density at radius 3 is 2.43 bits per heavy atom. The Hall–Kier alpha value is -2.05. The molecule has 0 aliphatic rings. The molecule has 0 aliphatic heterocycles. The van der Waals surface area contributed by atoms with Crippen molar-refractivity contribution >= 4 is 27.3 Å². The molecule has 1 aromatic heterocycles. The Labute approximate surface area is 145 Å². The zero-order valence-electron chi connectivity index (χ0n) is 12.2. The van der Waals surface area contributed by atoms with Gasteiger partial charge in [-0.25, -0.2) is 4.98 Å². The highest BCUT2D eigenvalue weighted by Gasteiger charge is 2.14. The molecule has 1 heterocycles. The molecular weight excluding hydrogens is 378 g/mol. The van der Waals surface area contributed by atoms with Gasteiger partial charge < -0.3 is 15.3 Å². The van der Waals surface area contributed by atoms with Crippen LogP contribution in [-0.4, -0.2) is 20.3 Å². The Morgan fingerprint density at radius 2 is 1.78 bits per heavy atom. The number of aromatic hydroxyl groups is 3. The Bertz CT molecular complexity index is 836. The van der Waals surface area contributed by atoms with E-state index in [0.717, 1.165) is 16.1 Å². The summed E-state index contributed by atoms with van der Waals surface area (Å²) in [5.74, 6) is -0.394. The Morgan fingerprint density at radius 1 is 1.09 bits per heavy atom. The van der Waals surface area contributed by atoms with Crippen LogP contribution in [0.5, 0.6) is 17.4 Å². The molecule has 3 N–H and O–H groups in total.